The Labute approximate surface area is 118 Å². The van der Waals surface area contributed by atoms with E-state index in [2.05, 4.69) is 32.6 Å². The molecule has 4 heteroatoms. The maximum Gasteiger partial charge on any atom is 0.138 e. The van der Waals surface area contributed by atoms with Crippen LogP contribution in [-0.4, -0.2) is 17.1 Å². The van der Waals surface area contributed by atoms with Gasteiger partial charge in [-0.3, -0.25) is 0 Å². The van der Waals surface area contributed by atoms with Crippen molar-refractivity contribution in [1.82, 2.24) is 9.97 Å². The number of hydrogen-bond acceptors (Lipinski definition) is 2. The summed E-state index contributed by atoms with van der Waals surface area (Å²) < 4.78 is 6.42. The highest BCUT2D eigenvalue weighted by molar-refractivity contribution is 14.1. The number of imidazole rings is 1. The summed E-state index contributed by atoms with van der Waals surface area (Å²) in [6.07, 6.45) is 0. The molecule has 3 rings (SSSR count). The molecule has 2 aromatic carbocycles. The van der Waals surface area contributed by atoms with Gasteiger partial charge >= 0.3 is 0 Å². The Hall–Kier alpha value is -1.56. The molecule has 0 atom stereocenters. The summed E-state index contributed by atoms with van der Waals surface area (Å²) in [5.74, 6) is 1.74. The molecule has 0 fully saturated rings. The number of H-pyrrole nitrogens is 1. The fourth-order valence-electron chi connectivity index (χ4n) is 1.90. The SMILES string of the molecule is COc1cc(-c2nc3ccccc3[nH]2)ccc1I. The van der Waals surface area contributed by atoms with Gasteiger partial charge in [-0.2, -0.15) is 0 Å². The van der Waals surface area contributed by atoms with Crippen molar-refractivity contribution < 1.29 is 4.74 Å². The highest BCUT2D eigenvalue weighted by atomic mass is 127. The van der Waals surface area contributed by atoms with E-state index in [0.29, 0.717) is 0 Å². The summed E-state index contributed by atoms with van der Waals surface area (Å²) in [6, 6.07) is 14.1. The van der Waals surface area contributed by atoms with Gasteiger partial charge in [0.25, 0.3) is 0 Å². The Kier molecular flexibility index (Phi) is 2.95. The molecule has 0 amide bonds. The van der Waals surface area contributed by atoms with Gasteiger partial charge in [-0.25, -0.2) is 4.98 Å². The number of aromatic amines is 1. The Bertz CT molecular complexity index is 673. The van der Waals surface area contributed by atoms with Crippen LogP contribution in [0.25, 0.3) is 22.4 Å². The first-order valence-corrected chi connectivity index (χ1v) is 6.64. The molecule has 0 aliphatic heterocycles. The largest absolute Gasteiger partial charge is 0.496 e. The van der Waals surface area contributed by atoms with E-state index in [1.165, 1.54) is 0 Å². The number of para-hydroxylation sites is 2. The highest BCUT2D eigenvalue weighted by Gasteiger charge is 2.07. The molecule has 3 aromatic rings. The first-order chi connectivity index (χ1) is 8.78. The summed E-state index contributed by atoms with van der Waals surface area (Å²) in [5.41, 5.74) is 3.05. The molecule has 0 radical (unpaired) electrons. The van der Waals surface area contributed by atoms with Crippen molar-refractivity contribution >= 4 is 33.6 Å². The molecule has 1 N–H and O–H groups in total. The predicted octanol–water partition coefficient (Wildman–Crippen LogP) is 3.84. The Balaban J connectivity index is 2.13. The monoisotopic (exact) mass is 350 g/mol. The summed E-state index contributed by atoms with van der Waals surface area (Å²) in [5, 5.41) is 0. The fraction of sp³-hybridized carbons (Fsp3) is 0.0714. The number of halogens is 1. The Morgan fingerprint density at radius 2 is 2.00 bits per heavy atom. The third-order valence-electron chi connectivity index (χ3n) is 2.81. The maximum atomic E-state index is 5.33. The van der Waals surface area contributed by atoms with Crippen LogP contribution >= 0.6 is 22.6 Å². The number of hydrogen-bond donors (Lipinski definition) is 1. The van der Waals surface area contributed by atoms with Gasteiger partial charge in [-0.05, 0) is 52.9 Å². The van der Waals surface area contributed by atoms with Crippen LogP contribution in [0.5, 0.6) is 5.75 Å². The Morgan fingerprint density at radius 3 is 2.78 bits per heavy atom. The van der Waals surface area contributed by atoms with Crippen LogP contribution in [0.2, 0.25) is 0 Å². The number of aromatic nitrogens is 2. The van der Waals surface area contributed by atoms with E-state index in [4.69, 9.17) is 4.74 Å². The summed E-state index contributed by atoms with van der Waals surface area (Å²) in [7, 11) is 1.68. The van der Waals surface area contributed by atoms with E-state index in [1.54, 1.807) is 7.11 Å². The van der Waals surface area contributed by atoms with Gasteiger partial charge in [0, 0.05) is 5.56 Å². The molecule has 0 aliphatic rings. The molecule has 0 unspecified atom stereocenters. The Morgan fingerprint density at radius 1 is 1.17 bits per heavy atom. The van der Waals surface area contributed by atoms with Gasteiger partial charge in [0.2, 0.25) is 0 Å². The van der Waals surface area contributed by atoms with E-state index in [0.717, 1.165) is 31.7 Å². The van der Waals surface area contributed by atoms with Crippen molar-refractivity contribution in [2.45, 2.75) is 0 Å². The molecule has 0 spiro atoms. The standard InChI is InChI=1S/C14H11IN2O/c1-18-13-8-9(6-7-10(13)15)14-16-11-4-2-3-5-12(11)17-14/h2-8H,1H3,(H,16,17). The molecule has 1 aromatic heterocycles. The number of ether oxygens (including phenoxy) is 1. The number of nitrogens with zero attached hydrogens (tertiary/aromatic N) is 1. The zero-order valence-corrected chi connectivity index (χ0v) is 11.9. The van der Waals surface area contributed by atoms with Gasteiger partial charge in [-0.15, -0.1) is 0 Å². The quantitative estimate of drug-likeness (QED) is 0.713. The molecule has 0 aliphatic carbocycles. The first kappa shape index (κ1) is 11.5. The van der Waals surface area contributed by atoms with E-state index in [1.807, 2.05) is 42.5 Å². The van der Waals surface area contributed by atoms with Crippen LogP contribution in [-0.2, 0) is 0 Å². The highest BCUT2D eigenvalue weighted by Crippen LogP contribution is 2.27. The van der Waals surface area contributed by atoms with Crippen LogP contribution in [0.3, 0.4) is 0 Å². The maximum absolute atomic E-state index is 5.33. The topological polar surface area (TPSA) is 37.9 Å². The van der Waals surface area contributed by atoms with Crippen LogP contribution in [0.1, 0.15) is 0 Å². The van der Waals surface area contributed by atoms with Gasteiger partial charge < -0.3 is 9.72 Å². The molecule has 18 heavy (non-hydrogen) atoms. The summed E-state index contributed by atoms with van der Waals surface area (Å²) >= 11 is 2.26. The lowest BCUT2D eigenvalue weighted by molar-refractivity contribution is 0.412. The molecule has 1 heterocycles. The minimum absolute atomic E-state index is 0.867. The fourth-order valence-corrected chi connectivity index (χ4v) is 2.45. The number of benzene rings is 2. The molecule has 0 saturated heterocycles. The average molecular weight is 350 g/mol. The zero-order valence-electron chi connectivity index (χ0n) is 9.77. The van der Waals surface area contributed by atoms with E-state index in [-0.39, 0.29) is 0 Å². The molecule has 3 nitrogen and oxygen atoms in total. The van der Waals surface area contributed by atoms with Gasteiger partial charge in [0.1, 0.15) is 11.6 Å². The second-order valence-corrected chi connectivity index (χ2v) is 5.11. The van der Waals surface area contributed by atoms with Crippen molar-refractivity contribution in [3.05, 3.63) is 46.0 Å². The number of methoxy groups -OCH3 is 1. The normalized spacial score (nSPS) is 10.8. The second-order valence-electron chi connectivity index (χ2n) is 3.95. The molecule has 0 saturated carbocycles. The molecule has 90 valence electrons. The van der Waals surface area contributed by atoms with Crippen LogP contribution in [0.4, 0.5) is 0 Å². The van der Waals surface area contributed by atoms with Gasteiger partial charge in [0.15, 0.2) is 0 Å². The minimum Gasteiger partial charge on any atom is -0.496 e. The number of rotatable bonds is 2. The molecular formula is C14H11IN2O. The van der Waals surface area contributed by atoms with Crippen molar-refractivity contribution in [1.29, 1.82) is 0 Å². The molecule has 0 bridgehead atoms. The summed E-state index contributed by atoms with van der Waals surface area (Å²) in [4.78, 5) is 7.89. The lowest BCUT2D eigenvalue weighted by Gasteiger charge is -2.04. The third kappa shape index (κ3) is 1.96. The van der Waals surface area contributed by atoms with Crippen LogP contribution in [0, 0.1) is 3.57 Å². The minimum atomic E-state index is 0.867. The lowest BCUT2D eigenvalue weighted by Crippen LogP contribution is -1.88. The van der Waals surface area contributed by atoms with Crippen molar-refractivity contribution in [2.24, 2.45) is 0 Å². The van der Waals surface area contributed by atoms with E-state index >= 15 is 0 Å². The van der Waals surface area contributed by atoms with Crippen molar-refractivity contribution in [3.8, 4) is 17.1 Å². The van der Waals surface area contributed by atoms with Crippen LogP contribution in [0.15, 0.2) is 42.5 Å². The number of nitrogens with one attached hydrogen (secondary N) is 1. The molecular weight excluding hydrogens is 339 g/mol. The van der Waals surface area contributed by atoms with Crippen LogP contribution < -0.4 is 4.74 Å². The second kappa shape index (κ2) is 4.61. The van der Waals surface area contributed by atoms with E-state index < -0.39 is 0 Å². The van der Waals surface area contributed by atoms with Gasteiger partial charge in [0.05, 0.1) is 21.7 Å². The van der Waals surface area contributed by atoms with Crippen molar-refractivity contribution in [3.63, 3.8) is 0 Å². The smallest absolute Gasteiger partial charge is 0.138 e. The van der Waals surface area contributed by atoms with Crippen molar-refractivity contribution in [2.75, 3.05) is 7.11 Å². The third-order valence-corrected chi connectivity index (χ3v) is 3.71. The zero-order chi connectivity index (χ0) is 12.5. The first-order valence-electron chi connectivity index (χ1n) is 5.56. The average Bonchev–Trinajstić information content (AvgIpc) is 2.83. The lowest BCUT2D eigenvalue weighted by atomic mass is 10.2. The van der Waals surface area contributed by atoms with Gasteiger partial charge in [-0.1, -0.05) is 12.1 Å². The van der Waals surface area contributed by atoms with E-state index in [9.17, 15) is 0 Å². The summed E-state index contributed by atoms with van der Waals surface area (Å²) in [6.45, 7) is 0. The predicted molar refractivity (Wildman–Crippen MR) is 80.8 cm³/mol. The number of fused-ring (bicyclic) bond motifs is 1.